The van der Waals surface area contributed by atoms with Gasteiger partial charge in [-0.15, -0.1) is 0 Å². The van der Waals surface area contributed by atoms with E-state index in [1.54, 1.807) is 20.4 Å². The lowest BCUT2D eigenvalue weighted by atomic mass is 9.92. The van der Waals surface area contributed by atoms with E-state index in [4.69, 9.17) is 9.47 Å². The lowest BCUT2D eigenvalue weighted by Gasteiger charge is -2.36. The highest BCUT2D eigenvalue weighted by molar-refractivity contribution is 5.91. The van der Waals surface area contributed by atoms with E-state index < -0.39 is 0 Å². The van der Waals surface area contributed by atoms with Crippen molar-refractivity contribution < 1.29 is 14.3 Å². The molecular weight excluding hydrogens is 428 g/mol. The van der Waals surface area contributed by atoms with Crippen LogP contribution in [0.15, 0.2) is 54.7 Å². The fraction of sp³-hybridized carbons (Fsp3) is 0.259. The molecule has 34 heavy (non-hydrogen) atoms. The molecule has 5 rings (SSSR count). The van der Waals surface area contributed by atoms with Crippen LogP contribution in [0, 0.1) is 13.8 Å². The predicted molar refractivity (Wildman–Crippen MR) is 133 cm³/mol. The third-order valence-electron chi connectivity index (χ3n) is 6.32. The van der Waals surface area contributed by atoms with Gasteiger partial charge in [0.25, 0.3) is 0 Å². The van der Waals surface area contributed by atoms with Gasteiger partial charge in [-0.2, -0.15) is 0 Å². The van der Waals surface area contributed by atoms with Gasteiger partial charge in [0.15, 0.2) is 0 Å². The number of carbonyl (C=O) groups excluding carboxylic acids is 1. The molecule has 3 heterocycles. The smallest absolute Gasteiger partial charge is 0.322 e. The number of urea groups is 1. The number of aryl methyl sites for hydroxylation is 2. The average molecular weight is 457 g/mol. The number of pyridine rings is 1. The van der Waals surface area contributed by atoms with Gasteiger partial charge in [0.1, 0.15) is 17.1 Å². The van der Waals surface area contributed by atoms with Gasteiger partial charge in [0.05, 0.1) is 20.3 Å². The fourth-order valence-corrected chi connectivity index (χ4v) is 4.91. The first-order chi connectivity index (χ1) is 16.5. The number of fused-ring (bicyclic) bond motifs is 3. The van der Waals surface area contributed by atoms with Crippen LogP contribution in [0.2, 0.25) is 0 Å². The molecule has 0 aliphatic carbocycles. The largest absolute Gasteiger partial charge is 0.497 e. The topological polar surface area (TPSA) is 79.5 Å². The van der Waals surface area contributed by atoms with Crippen LogP contribution < -0.4 is 14.8 Å². The molecule has 1 atom stereocenters. The van der Waals surface area contributed by atoms with Gasteiger partial charge >= 0.3 is 6.03 Å². The van der Waals surface area contributed by atoms with Gasteiger partial charge < -0.3 is 24.7 Å². The lowest BCUT2D eigenvalue weighted by Crippen LogP contribution is -2.43. The van der Waals surface area contributed by atoms with E-state index in [1.807, 2.05) is 55.1 Å². The number of hydrogen-bond acceptors (Lipinski definition) is 4. The Balaban J connectivity index is 1.61. The zero-order valence-corrected chi connectivity index (χ0v) is 19.8. The van der Waals surface area contributed by atoms with E-state index in [9.17, 15) is 4.79 Å². The van der Waals surface area contributed by atoms with Gasteiger partial charge in [-0.25, -0.2) is 9.78 Å². The van der Waals surface area contributed by atoms with Gasteiger partial charge in [-0.1, -0.05) is 6.07 Å². The maximum Gasteiger partial charge on any atom is 0.322 e. The summed E-state index contributed by atoms with van der Waals surface area (Å²) in [6, 6.07) is 15.3. The van der Waals surface area contributed by atoms with Crippen LogP contribution in [0.4, 0.5) is 10.5 Å². The van der Waals surface area contributed by atoms with Gasteiger partial charge in [0.2, 0.25) is 0 Å². The molecule has 174 valence electrons. The normalized spacial score (nSPS) is 15.2. The van der Waals surface area contributed by atoms with E-state index in [-0.39, 0.29) is 12.1 Å². The molecule has 2 N–H and O–H groups in total. The van der Waals surface area contributed by atoms with Gasteiger partial charge in [-0.3, -0.25) is 0 Å². The molecule has 7 heteroatoms. The Bertz CT molecular complexity index is 1340. The number of ether oxygens (including phenoxy) is 2. The minimum absolute atomic E-state index is 0.158. The maximum atomic E-state index is 13.6. The minimum Gasteiger partial charge on any atom is -0.497 e. The van der Waals surface area contributed by atoms with E-state index in [2.05, 4.69) is 27.4 Å². The number of rotatable bonds is 4. The number of H-pyrrole nitrogens is 1. The molecule has 0 saturated heterocycles. The van der Waals surface area contributed by atoms with Crippen molar-refractivity contribution in [3.63, 3.8) is 0 Å². The van der Waals surface area contributed by atoms with Crippen molar-refractivity contribution in [2.75, 3.05) is 26.1 Å². The van der Waals surface area contributed by atoms with Crippen LogP contribution in [-0.4, -0.2) is 41.7 Å². The Labute approximate surface area is 198 Å². The van der Waals surface area contributed by atoms with Crippen molar-refractivity contribution in [2.24, 2.45) is 0 Å². The zero-order chi connectivity index (χ0) is 23.8. The first-order valence-electron chi connectivity index (χ1n) is 11.3. The summed E-state index contributed by atoms with van der Waals surface area (Å²) in [6.07, 6.45) is 2.51. The molecule has 0 spiro atoms. The van der Waals surface area contributed by atoms with Crippen molar-refractivity contribution in [2.45, 2.75) is 26.3 Å². The number of nitrogens with one attached hydrogen (secondary N) is 2. The zero-order valence-electron chi connectivity index (χ0n) is 19.8. The van der Waals surface area contributed by atoms with Gasteiger partial charge in [0, 0.05) is 35.6 Å². The second kappa shape index (κ2) is 8.74. The molecule has 1 unspecified atom stereocenters. The van der Waals surface area contributed by atoms with Crippen molar-refractivity contribution in [3.8, 4) is 11.5 Å². The highest BCUT2D eigenvalue weighted by Crippen LogP contribution is 2.40. The van der Waals surface area contributed by atoms with Gasteiger partial charge in [-0.05, 0) is 78.9 Å². The summed E-state index contributed by atoms with van der Waals surface area (Å²) in [5.41, 5.74) is 6.87. The number of carbonyl (C=O) groups is 1. The molecule has 0 saturated carbocycles. The Kier molecular flexibility index (Phi) is 5.61. The third kappa shape index (κ3) is 3.94. The maximum absolute atomic E-state index is 13.6. The molecule has 0 radical (unpaired) electrons. The van der Waals surface area contributed by atoms with E-state index in [0.29, 0.717) is 18.0 Å². The number of benzene rings is 2. The number of amides is 2. The van der Waals surface area contributed by atoms with Crippen LogP contribution in [0.5, 0.6) is 11.5 Å². The summed E-state index contributed by atoms with van der Waals surface area (Å²) in [5.74, 6) is 1.34. The number of aromatic amines is 1. The second-order valence-electron chi connectivity index (χ2n) is 8.72. The standard InChI is InChI=1S/C27H28N4O3/c1-16-10-17(2)12-19(11-16)29-27(32)31-9-7-22-23-6-5-8-28-26(23)30-24(22)25(31)18-13-20(33-3)15-21(14-18)34-4/h5-6,8,10-15,25H,7,9H2,1-4H3,(H,28,30)(H,29,32). The Morgan fingerprint density at radius 1 is 1.06 bits per heavy atom. The summed E-state index contributed by atoms with van der Waals surface area (Å²) in [6.45, 7) is 4.62. The molecule has 2 aromatic heterocycles. The Morgan fingerprint density at radius 2 is 1.76 bits per heavy atom. The average Bonchev–Trinajstić information content (AvgIpc) is 3.21. The molecule has 2 amide bonds. The van der Waals surface area contributed by atoms with E-state index >= 15 is 0 Å². The molecule has 1 aliphatic heterocycles. The van der Waals surface area contributed by atoms with Crippen molar-refractivity contribution >= 4 is 22.8 Å². The fourth-order valence-electron chi connectivity index (χ4n) is 4.91. The second-order valence-corrected chi connectivity index (χ2v) is 8.72. The number of anilines is 1. The minimum atomic E-state index is -0.354. The number of aromatic nitrogens is 2. The Hall–Kier alpha value is -4.00. The number of methoxy groups -OCH3 is 2. The third-order valence-corrected chi connectivity index (χ3v) is 6.32. The number of hydrogen-bond donors (Lipinski definition) is 2. The molecule has 0 bridgehead atoms. The van der Waals surface area contributed by atoms with E-state index in [0.717, 1.165) is 45.5 Å². The van der Waals surface area contributed by atoms with Crippen LogP contribution >= 0.6 is 0 Å². The van der Waals surface area contributed by atoms with Crippen LogP contribution in [0.1, 0.15) is 34.0 Å². The molecule has 1 aliphatic rings. The SMILES string of the molecule is COc1cc(OC)cc(C2c3[nH]c4ncccc4c3CCN2C(=O)Nc2cc(C)cc(C)c2)c1. The first kappa shape index (κ1) is 21.8. The quantitative estimate of drug-likeness (QED) is 0.432. The van der Waals surface area contributed by atoms with Crippen LogP contribution in [-0.2, 0) is 6.42 Å². The predicted octanol–water partition coefficient (Wildman–Crippen LogP) is 5.38. The van der Waals surface area contributed by atoms with Crippen molar-refractivity contribution in [3.05, 3.63) is 82.7 Å². The summed E-state index contributed by atoms with van der Waals surface area (Å²) in [5, 5.41) is 4.20. The lowest BCUT2D eigenvalue weighted by molar-refractivity contribution is 0.193. The molecule has 7 nitrogen and oxygen atoms in total. The summed E-state index contributed by atoms with van der Waals surface area (Å²) < 4.78 is 11.1. The first-order valence-corrected chi connectivity index (χ1v) is 11.3. The van der Waals surface area contributed by atoms with Crippen LogP contribution in [0.25, 0.3) is 11.0 Å². The number of nitrogens with zero attached hydrogens (tertiary/aromatic N) is 2. The summed E-state index contributed by atoms with van der Waals surface area (Å²) in [7, 11) is 3.25. The molecule has 0 fully saturated rings. The highest BCUT2D eigenvalue weighted by atomic mass is 16.5. The highest BCUT2D eigenvalue weighted by Gasteiger charge is 2.35. The van der Waals surface area contributed by atoms with Crippen LogP contribution in [0.3, 0.4) is 0 Å². The van der Waals surface area contributed by atoms with Crippen molar-refractivity contribution in [1.82, 2.24) is 14.9 Å². The molecule has 2 aromatic carbocycles. The molecule has 4 aromatic rings. The molecular formula is C27H28N4O3. The summed E-state index contributed by atoms with van der Waals surface area (Å²) in [4.78, 5) is 23.5. The Morgan fingerprint density at radius 3 is 2.44 bits per heavy atom. The summed E-state index contributed by atoms with van der Waals surface area (Å²) >= 11 is 0. The van der Waals surface area contributed by atoms with Crippen molar-refractivity contribution in [1.29, 1.82) is 0 Å². The van der Waals surface area contributed by atoms with E-state index in [1.165, 1.54) is 5.56 Å². The monoisotopic (exact) mass is 456 g/mol.